The standard InChI is InChI=1S/C32H29Cl2N3O5S/c1-16-36-29-24(42-4)12-18(13-25(29)43-16)31(40)35-15-20(17-8-6-5-7-9-17)22-14-21(32(2,3)41)27(34)28(37-22)19-10-11-23(38)30(39)26(19)33/h5-14,20,38-39,41H,15H2,1-4H3,(H,35,40)/t20-/m0/s1. The number of aryl methyl sites for hydroxylation is 1. The number of pyridine rings is 1. The highest BCUT2D eigenvalue weighted by molar-refractivity contribution is 7.18. The Bertz CT molecular complexity index is 1840. The van der Waals surface area contributed by atoms with Gasteiger partial charge in [-0.05, 0) is 56.7 Å². The molecule has 5 rings (SSSR count). The van der Waals surface area contributed by atoms with Crippen molar-refractivity contribution in [3.63, 3.8) is 0 Å². The van der Waals surface area contributed by atoms with Crippen LogP contribution >= 0.6 is 34.5 Å². The number of carbonyl (C=O) groups excluding carboxylic acids is 1. The Balaban J connectivity index is 1.59. The van der Waals surface area contributed by atoms with Crippen LogP contribution in [-0.2, 0) is 5.60 Å². The summed E-state index contributed by atoms with van der Waals surface area (Å²) >= 11 is 14.7. The molecule has 0 aliphatic carbocycles. The fourth-order valence-electron chi connectivity index (χ4n) is 4.86. The third kappa shape index (κ3) is 6.12. The molecule has 8 nitrogen and oxygen atoms in total. The molecule has 0 radical (unpaired) electrons. The van der Waals surface area contributed by atoms with E-state index in [0.717, 1.165) is 15.3 Å². The van der Waals surface area contributed by atoms with Crippen molar-refractivity contribution in [2.24, 2.45) is 0 Å². The number of halogens is 2. The van der Waals surface area contributed by atoms with Gasteiger partial charge in [0.15, 0.2) is 11.5 Å². The van der Waals surface area contributed by atoms with Gasteiger partial charge >= 0.3 is 0 Å². The highest BCUT2D eigenvalue weighted by atomic mass is 35.5. The number of hydrogen-bond acceptors (Lipinski definition) is 8. The van der Waals surface area contributed by atoms with Crippen molar-refractivity contribution in [1.82, 2.24) is 15.3 Å². The molecular formula is C32H29Cl2N3O5S. The van der Waals surface area contributed by atoms with Crippen LogP contribution in [0.25, 0.3) is 21.5 Å². The third-order valence-corrected chi connectivity index (χ3v) is 8.74. The minimum atomic E-state index is -1.38. The number of carbonyl (C=O) groups is 1. The Kier molecular flexibility index (Phi) is 8.54. The van der Waals surface area contributed by atoms with E-state index in [1.54, 1.807) is 39.2 Å². The van der Waals surface area contributed by atoms with Gasteiger partial charge < -0.3 is 25.4 Å². The lowest BCUT2D eigenvalue weighted by Gasteiger charge is -2.25. The first-order chi connectivity index (χ1) is 20.4. The number of phenolic OH excluding ortho intramolecular Hbond substituents is 2. The smallest absolute Gasteiger partial charge is 0.251 e. The molecule has 11 heteroatoms. The van der Waals surface area contributed by atoms with Crippen molar-refractivity contribution in [3.05, 3.63) is 98.1 Å². The molecule has 0 bridgehead atoms. The van der Waals surface area contributed by atoms with Gasteiger partial charge in [-0.25, -0.2) is 4.98 Å². The van der Waals surface area contributed by atoms with E-state index in [2.05, 4.69) is 10.3 Å². The molecule has 3 aromatic carbocycles. The number of thiazole rings is 1. The Morgan fingerprint density at radius 3 is 2.44 bits per heavy atom. The molecule has 43 heavy (non-hydrogen) atoms. The number of nitrogens with zero attached hydrogens (tertiary/aromatic N) is 2. The molecule has 0 spiro atoms. The molecule has 0 unspecified atom stereocenters. The Labute approximate surface area is 262 Å². The molecule has 4 N–H and O–H groups in total. The monoisotopic (exact) mass is 637 g/mol. The lowest BCUT2D eigenvalue weighted by atomic mass is 9.89. The normalized spacial score (nSPS) is 12.3. The number of nitrogens with one attached hydrogen (secondary N) is 1. The van der Waals surface area contributed by atoms with Crippen LogP contribution in [0, 0.1) is 6.92 Å². The minimum absolute atomic E-state index is 0.138. The van der Waals surface area contributed by atoms with E-state index in [0.29, 0.717) is 28.1 Å². The number of aromatic hydroxyl groups is 2. The fraction of sp³-hybridized carbons (Fsp3) is 0.219. The SMILES string of the molecule is COc1cc(C(=O)NC[C@@H](c2ccccc2)c2cc(C(C)(C)O)c(Cl)c(-c3ccc(O)c(O)c3Cl)n2)cc2sc(C)nc12. The van der Waals surface area contributed by atoms with Gasteiger partial charge in [0.05, 0.1) is 43.9 Å². The third-order valence-electron chi connectivity index (χ3n) is 7.06. The zero-order valence-electron chi connectivity index (χ0n) is 23.8. The van der Waals surface area contributed by atoms with Gasteiger partial charge in [-0.3, -0.25) is 9.78 Å². The molecule has 222 valence electrons. The molecule has 1 amide bonds. The predicted molar refractivity (Wildman–Crippen MR) is 170 cm³/mol. The Morgan fingerprint density at radius 1 is 1.05 bits per heavy atom. The van der Waals surface area contributed by atoms with Crippen LogP contribution in [-0.4, -0.2) is 44.8 Å². The molecule has 0 aliphatic heterocycles. The summed E-state index contributed by atoms with van der Waals surface area (Å²) in [6.07, 6.45) is 0. The molecule has 0 saturated heterocycles. The number of phenols is 2. The number of aromatic nitrogens is 2. The maximum absolute atomic E-state index is 13.5. The van der Waals surface area contributed by atoms with E-state index in [4.69, 9.17) is 32.9 Å². The molecule has 2 aromatic heterocycles. The zero-order chi connectivity index (χ0) is 31.1. The van der Waals surface area contributed by atoms with E-state index in [9.17, 15) is 20.1 Å². The maximum atomic E-state index is 13.5. The highest BCUT2D eigenvalue weighted by Crippen LogP contribution is 2.44. The number of fused-ring (bicyclic) bond motifs is 1. The fourth-order valence-corrected chi connectivity index (χ4v) is 6.42. The summed E-state index contributed by atoms with van der Waals surface area (Å²) in [5.41, 5.74) is 1.96. The van der Waals surface area contributed by atoms with Crippen LogP contribution in [0.15, 0.2) is 60.7 Å². The van der Waals surface area contributed by atoms with E-state index in [-0.39, 0.29) is 33.8 Å². The maximum Gasteiger partial charge on any atom is 0.251 e. The molecule has 2 heterocycles. The second-order valence-electron chi connectivity index (χ2n) is 10.5. The van der Waals surface area contributed by atoms with E-state index in [1.165, 1.54) is 23.5 Å². The van der Waals surface area contributed by atoms with Crippen LogP contribution in [0.3, 0.4) is 0 Å². The molecular weight excluding hydrogens is 609 g/mol. The summed E-state index contributed by atoms with van der Waals surface area (Å²) in [4.78, 5) is 22.8. The quantitative estimate of drug-likeness (QED) is 0.133. The second-order valence-corrected chi connectivity index (χ2v) is 12.5. The van der Waals surface area contributed by atoms with Crippen molar-refractivity contribution in [2.75, 3.05) is 13.7 Å². The Morgan fingerprint density at radius 2 is 1.77 bits per heavy atom. The van der Waals surface area contributed by atoms with E-state index < -0.39 is 23.0 Å². The molecule has 0 aliphatic rings. The van der Waals surface area contributed by atoms with Crippen LogP contribution in [0.4, 0.5) is 0 Å². The minimum Gasteiger partial charge on any atom is -0.504 e. The first-order valence-corrected chi connectivity index (χ1v) is 14.9. The summed E-state index contributed by atoms with van der Waals surface area (Å²) in [7, 11) is 1.54. The number of rotatable bonds is 8. The van der Waals surface area contributed by atoms with Gasteiger partial charge in [-0.15, -0.1) is 11.3 Å². The molecule has 0 saturated carbocycles. The number of methoxy groups -OCH3 is 1. The van der Waals surface area contributed by atoms with Gasteiger partial charge in [-0.1, -0.05) is 53.5 Å². The summed E-state index contributed by atoms with van der Waals surface area (Å²) in [5, 5.41) is 35.2. The topological polar surface area (TPSA) is 125 Å². The molecule has 0 fully saturated rings. The van der Waals surface area contributed by atoms with Gasteiger partial charge in [0, 0.05) is 29.2 Å². The average Bonchev–Trinajstić information content (AvgIpc) is 3.36. The van der Waals surface area contributed by atoms with Gasteiger partial charge in [0.25, 0.3) is 5.91 Å². The number of hydrogen-bond donors (Lipinski definition) is 4. The number of benzene rings is 3. The van der Waals surface area contributed by atoms with Crippen molar-refractivity contribution >= 4 is 50.7 Å². The summed E-state index contributed by atoms with van der Waals surface area (Å²) in [5.74, 6) is -1.17. The van der Waals surface area contributed by atoms with Crippen molar-refractivity contribution in [3.8, 4) is 28.5 Å². The lowest BCUT2D eigenvalue weighted by Crippen LogP contribution is -2.30. The number of amides is 1. The van der Waals surface area contributed by atoms with Gasteiger partial charge in [0.1, 0.15) is 11.3 Å². The van der Waals surface area contributed by atoms with Crippen molar-refractivity contribution < 1.29 is 24.9 Å². The van der Waals surface area contributed by atoms with Crippen LogP contribution in [0.2, 0.25) is 10.0 Å². The van der Waals surface area contributed by atoms with Crippen LogP contribution in [0.1, 0.15) is 52.0 Å². The van der Waals surface area contributed by atoms with Gasteiger partial charge in [0.2, 0.25) is 0 Å². The second kappa shape index (κ2) is 12.0. The summed E-state index contributed by atoms with van der Waals surface area (Å²) in [6, 6.07) is 17.5. The van der Waals surface area contributed by atoms with Crippen molar-refractivity contribution in [2.45, 2.75) is 32.3 Å². The first kappa shape index (κ1) is 30.6. The average molecular weight is 639 g/mol. The summed E-state index contributed by atoms with van der Waals surface area (Å²) < 4.78 is 6.35. The first-order valence-electron chi connectivity index (χ1n) is 13.3. The lowest BCUT2D eigenvalue weighted by molar-refractivity contribution is 0.0785. The molecule has 1 atom stereocenters. The van der Waals surface area contributed by atoms with Gasteiger partial charge in [-0.2, -0.15) is 0 Å². The van der Waals surface area contributed by atoms with Crippen LogP contribution in [0.5, 0.6) is 17.2 Å². The number of ether oxygens (including phenoxy) is 1. The van der Waals surface area contributed by atoms with Crippen LogP contribution < -0.4 is 10.1 Å². The number of aliphatic hydroxyl groups is 1. The molecule has 5 aromatic rings. The predicted octanol–water partition coefficient (Wildman–Crippen LogP) is 7.18. The highest BCUT2D eigenvalue weighted by Gasteiger charge is 2.29. The van der Waals surface area contributed by atoms with E-state index >= 15 is 0 Å². The zero-order valence-corrected chi connectivity index (χ0v) is 26.1. The Hall–Kier alpha value is -3.89. The van der Waals surface area contributed by atoms with Crippen molar-refractivity contribution in [1.29, 1.82) is 0 Å². The van der Waals surface area contributed by atoms with E-state index in [1.807, 2.05) is 37.3 Å². The largest absolute Gasteiger partial charge is 0.504 e. The summed E-state index contributed by atoms with van der Waals surface area (Å²) in [6.45, 7) is 5.25.